The molecular weight excluding hydrogens is 266 g/mol. The minimum absolute atomic E-state index is 0.230. The van der Waals surface area contributed by atoms with Gasteiger partial charge >= 0.3 is 12.0 Å². The first kappa shape index (κ1) is 17.9. The molecule has 0 aliphatic heterocycles. The van der Waals surface area contributed by atoms with Crippen molar-refractivity contribution in [1.82, 2.24) is 15.5 Å². The van der Waals surface area contributed by atoms with Crippen molar-refractivity contribution in [3.8, 4) is 0 Å². The van der Waals surface area contributed by atoms with Crippen molar-refractivity contribution in [3.63, 3.8) is 0 Å². The van der Waals surface area contributed by atoms with Crippen molar-refractivity contribution in [2.45, 2.75) is 27.2 Å². The number of hydrogen-bond donors (Lipinski definition) is 3. The van der Waals surface area contributed by atoms with Crippen LogP contribution in [-0.2, 0) is 14.4 Å². The molecule has 0 unspecified atom stereocenters. The number of carbonyl (C=O) groups excluding carboxylic acids is 3. The molecule has 0 bridgehead atoms. The van der Waals surface area contributed by atoms with Crippen LogP contribution in [0.15, 0.2) is 0 Å². The molecule has 0 saturated carbocycles. The second-order valence-corrected chi connectivity index (χ2v) is 5.00. The lowest BCUT2D eigenvalue weighted by Gasteiger charge is -2.18. The van der Waals surface area contributed by atoms with Crippen molar-refractivity contribution in [1.29, 1.82) is 0 Å². The molecule has 20 heavy (non-hydrogen) atoms. The van der Waals surface area contributed by atoms with Crippen LogP contribution in [0.1, 0.15) is 27.2 Å². The summed E-state index contributed by atoms with van der Waals surface area (Å²) >= 11 is 0. The Hall–Kier alpha value is -2.12. The quantitative estimate of drug-likeness (QED) is 0.625. The van der Waals surface area contributed by atoms with Crippen molar-refractivity contribution < 1.29 is 24.3 Å². The predicted molar refractivity (Wildman–Crippen MR) is 70.9 cm³/mol. The summed E-state index contributed by atoms with van der Waals surface area (Å²) in [6.45, 7) is 4.83. The molecule has 8 heteroatoms. The smallest absolute Gasteiger partial charge is 0.321 e. The van der Waals surface area contributed by atoms with E-state index in [-0.39, 0.29) is 18.9 Å². The fourth-order valence-corrected chi connectivity index (χ4v) is 1.16. The Morgan fingerprint density at radius 3 is 2.20 bits per heavy atom. The molecule has 114 valence electrons. The second kappa shape index (κ2) is 7.46. The number of nitrogens with one attached hydrogen (secondary N) is 2. The van der Waals surface area contributed by atoms with Gasteiger partial charge in [-0.1, -0.05) is 0 Å². The SMILES string of the molecule is CCN(C)C(=O)CNC(=O)NC(=O)CC(C)(C)C(=O)O. The van der Waals surface area contributed by atoms with Crippen LogP contribution in [0.5, 0.6) is 0 Å². The Kier molecular flexibility index (Phi) is 6.67. The van der Waals surface area contributed by atoms with Gasteiger partial charge in [-0.3, -0.25) is 19.7 Å². The summed E-state index contributed by atoms with van der Waals surface area (Å²) in [6.07, 6.45) is -0.335. The Labute approximate surface area is 117 Å². The highest BCUT2D eigenvalue weighted by Crippen LogP contribution is 2.19. The number of likely N-dealkylation sites (N-methyl/N-ethyl adjacent to an activating group) is 1. The lowest BCUT2D eigenvalue weighted by molar-refractivity contribution is -0.149. The molecule has 0 fully saturated rings. The molecule has 0 aromatic carbocycles. The number of aliphatic carboxylic acids is 1. The molecule has 0 radical (unpaired) electrons. The van der Waals surface area contributed by atoms with Gasteiger partial charge in [-0.15, -0.1) is 0 Å². The van der Waals surface area contributed by atoms with Crippen molar-refractivity contribution in [2.24, 2.45) is 5.41 Å². The number of carboxylic acid groups (broad SMARTS) is 1. The monoisotopic (exact) mass is 287 g/mol. The molecule has 4 amide bonds. The summed E-state index contributed by atoms with van der Waals surface area (Å²) < 4.78 is 0. The largest absolute Gasteiger partial charge is 0.481 e. The minimum atomic E-state index is -1.26. The zero-order valence-electron chi connectivity index (χ0n) is 12.1. The van der Waals surface area contributed by atoms with Gasteiger partial charge in [-0.2, -0.15) is 0 Å². The maximum atomic E-state index is 11.5. The molecule has 0 atom stereocenters. The van der Waals surface area contributed by atoms with Crippen molar-refractivity contribution >= 4 is 23.8 Å². The van der Waals surface area contributed by atoms with Crippen LogP contribution in [-0.4, -0.2) is 54.0 Å². The second-order valence-electron chi connectivity index (χ2n) is 5.00. The van der Waals surface area contributed by atoms with Crippen LogP contribution in [0.4, 0.5) is 4.79 Å². The summed E-state index contributed by atoms with van der Waals surface area (Å²) in [7, 11) is 1.59. The van der Waals surface area contributed by atoms with Crippen molar-refractivity contribution in [2.75, 3.05) is 20.1 Å². The van der Waals surface area contributed by atoms with E-state index in [4.69, 9.17) is 5.11 Å². The molecule has 0 spiro atoms. The number of rotatable bonds is 6. The molecule has 0 heterocycles. The molecule has 0 aliphatic carbocycles. The van der Waals surface area contributed by atoms with Crippen LogP contribution in [0.2, 0.25) is 0 Å². The summed E-state index contributed by atoms with van der Waals surface area (Å²) in [5.74, 6) is -2.14. The van der Waals surface area contributed by atoms with Gasteiger partial charge in [-0.25, -0.2) is 4.79 Å². The average molecular weight is 287 g/mol. The molecular formula is C12H21N3O5. The highest BCUT2D eigenvalue weighted by molar-refractivity contribution is 5.97. The molecule has 0 aliphatic rings. The first-order valence-corrected chi connectivity index (χ1v) is 6.15. The van der Waals surface area contributed by atoms with Gasteiger partial charge in [0.05, 0.1) is 12.0 Å². The van der Waals surface area contributed by atoms with E-state index in [0.29, 0.717) is 6.54 Å². The topological polar surface area (TPSA) is 116 Å². The van der Waals surface area contributed by atoms with E-state index < -0.39 is 23.3 Å². The number of imide groups is 1. The Morgan fingerprint density at radius 2 is 1.75 bits per heavy atom. The van der Waals surface area contributed by atoms with E-state index in [1.165, 1.54) is 18.7 Å². The summed E-state index contributed by atoms with van der Waals surface area (Å²) in [5, 5.41) is 13.1. The summed E-state index contributed by atoms with van der Waals surface area (Å²) in [5.41, 5.74) is -1.26. The van der Waals surface area contributed by atoms with E-state index in [2.05, 4.69) is 5.32 Å². The van der Waals surface area contributed by atoms with Gasteiger partial charge in [-0.05, 0) is 20.8 Å². The highest BCUT2D eigenvalue weighted by atomic mass is 16.4. The zero-order valence-corrected chi connectivity index (χ0v) is 12.1. The Bertz CT molecular complexity index is 406. The van der Waals surface area contributed by atoms with E-state index in [1.54, 1.807) is 14.0 Å². The molecule has 8 nitrogen and oxygen atoms in total. The van der Waals surface area contributed by atoms with Gasteiger partial charge in [0.1, 0.15) is 0 Å². The molecule has 0 aromatic heterocycles. The number of carbonyl (C=O) groups is 4. The van der Waals surface area contributed by atoms with Crippen LogP contribution in [0.3, 0.4) is 0 Å². The normalized spacial score (nSPS) is 10.6. The minimum Gasteiger partial charge on any atom is -0.481 e. The van der Waals surface area contributed by atoms with E-state index in [0.717, 1.165) is 0 Å². The van der Waals surface area contributed by atoms with Crippen LogP contribution in [0.25, 0.3) is 0 Å². The van der Waals surface area contributed by atoms with Crippen LogP contribution < -0.4 is 10.6 Å². The molecule has 3 N–H and O–H groups in total. The number of amides is 4. The average Bonchev–Trinajstić information content (AvgIpc) is 2.33. The summed E-state index contributed by atoms with van der Waals surface area (Å²) in [4.78, 5) is 46.5. The number of hydrogen-bond acceptors (Lipinski definition) is 4. The Balaban J connectivity index is 4.19. The number of carboxylic acids is 1. The van der Waals surface area contributed by atoms with Crippen LogP contribution in [0, 0.1) is 5.41 Å². The fraction of sp³-hybridized carbons (Fsp3) is 0.667. The standard InChI is InChI=1S/C12H21N3O5/c1-5-15(4)9(17)7-13-11(20)14-8(16)6-12(2,3)10(18)19/h5-7H2,1-4H3,(H,18,19)(H2,13,14,16,20). The van der Waals surface area contributed by atoms with E-state index in [9.17, 15) is 19.2 Å². The molecule has 0 saturated heterocycles. The third-order valence-electron chi connectivity index (χ3n) is 2.73. The number of nitrogens with zero attached hydrogens (tertiary/aromatic N) is 1. The van der Waals surface area contributed by atoms with Gasteiger partial charge in [0.2, 0.25) is 11.8 Å². The fourth-order valence-electron chi connectivity index (χ4n) is 1.16. The third kappa shape index (κ3) is 6.17. The highest BCUT2D eigenvalue weighted by Gasteiger charge is 2.30. The van der Waals surface area contributed by atoms with Gasteiger partial charge < -0.3 is 15.3 Å². The molecule has 0 rings (SSSR count). The van der Waals surface area contributed by atoms with Gasteiger partial charge in [0.25, 0.3) is 0 Å². The summed E-state index contributed by atoms with van der Waals surface area (Å²) in [6, 6.07) is -0.825. The van der Waals surface area contributed by atoms with Gasteiger partial charge in [0, 0.05) is 20.0 Å². The van der Waals surface area contributed by atoms with E-state index in [1.807, 2.05) is 5.32 Å². The lowest BCUT2D eigenvalue weighted by atomic mass is 9.89. The maximum Gasteiger partial charge on any atom is 0.321 e. The molecule has 0 aromatic rings. The van der Waals surface area contributed by atoms with E-state index >= 15 is 0 Å². The predicted octanol–water partition coefficient (Wildman–Crippen LogP) is -0.209. The maximum absolute atomic E-state index is 11.5. The first-order chi connectivity index (χ1) is 9.10. The third-order valence-corrected chi connectivity index (χ3v) is 2.73. The zero-order chi connectivity index (χ0) is 15.9. The van der Waals surface area contributed by atoms with Gasteiger partial charge in [0.15, 0.2) is 0 Å². The lowest BCUT2D eigenvalue weighted by Crippen LogP contribution is -2.45. The van der Waals surface area contributed by atoms with Crippen LogP contribution >= 0.6 is 0 Å². The first-order valence-electron chi connectivity index (χ1n) is 6.15. The number of urea groups is 1. The Morgan fingerprint density at radius 1 is 1.20 bits per heavy atom. The van der Waals surface area contributed by atoms with Crippen molar-refractivity contribution in [3.05, 3.63) is 0 Å².